The summed E-state index contributed by atoms with van der Waals surface area (Å²) in [5, 5.41) is 0. The topological polar surface area (TPSA) is 70.3 Å². The number of methoxy groups -OCH3 is 1. The standard InChI is InChI=1S/C9H11F4N3O2/c1-17-3-6-15-5(14)2-7(16-6)18-4-9(12,13)8(10)11/h2,8H,3-4H2,1H3,(H2,14,15,16). The van der Waals surface area contributed by atoms with E-state index in [2.05, 4.69) is 14.7 Å². The van der Waals surface area contributed by atoms with Crippen LogP contribution in [-0.4, -0.2) is 36.0 Å². The highest BCUT2D eigenvalue weighted by Gasteiger charge is 2.41. The van der Waals surface area contributed by atoms with Crippen molar-refractivity contribution in [3.8, 4) is 5.88 Å². The van der Waals surface area contributed by atoms with E-state index in [9.17, 15) is 17.6 Å². The molecule has 2 N–H and O–H groups in total. The van der Waals surface area contributed by atoms with Crippen LogP contribution < -0.4 is 10.5 Å². The first-order valence-corrected chi connectivity index (χ1v) is 4.76. The molecule has 0 atom stereocenters. The Morgan fingerprint density at radius 1 is 1.39 bits per heavy atom. The predicted molar refractivity (Wildman–Crippen MR) is 53.6 cm³/mol. The molecule has 1 aromatic heterocycles. The number of aromatic nitrogens is 2. The number of hydrogen-bond acceptors (Lipinski definition) is 5. The Bertz CT molecular complexity index is 403. The molecule has 0 aliphatic heterocycles. The maximum atomic E-state index is 12.6. The Morgan fingerprint density at radius 2 is 2.06 bits per heavy atom. The zero-order valence-corrected chi connectivity index (χ0v) is 9.37. The van der Waals surface area contributed by atoms with Gasteiger partial charge in [0.05, 0.1) is 0 Å². The summed E-state index contributed by atoms with van der Waals surface area (Å²) in [4.78, 5) is 7.40. The lowest BCUT2D eigenvalue weighted by Gasteiger charge is -2.15. The molecule has 0 saturated carbocycles. The molecule has 0 saturated heterocycles. The summed E-state index contributed by atoms with van der Waals surface area (Å²) in [7, 11) is 1.37. The molecular formula is C9H11F4N3O2. The smallest absolute Gasteiger partial charge is 0.340 e. The summed E-state index contributed by atoms with van der Waals surface area (Å²) in [5.41, 5.74) is 5.37. The molecule has 102 valence electrons. The van der Waals surface area contributed by atoms with Gasteiger partial charge in [-0.3, -0.25) is 0 Å². The van der Waals surface area contributed by atoms with E-state index in [-0.39, 0.29) is 24.1 Å². The van der Waals surface area contributed by atoms with Gasteiger partial charge in [-0.2, -0.15) is 13.8 Å². The first-order valence-electron chi connectivity index (χ1n) is 4.76. The van der Waals surface area contributed by atoms with Gasteiger partial charge in [0.1, 0.15) is 12.4 Å². The quantitative estimate of drug-likeness (QED) is 0.792. The van der Waals surface area contributed by atoms with E-state index in [1.807, 2.05) is 0 Å². The molecule has 0 aromatic carbocycles. The molecule has 0 aliphatic rings. The van der Waals surface area contributed by atoms with Crippen LogP contribution in [-0.2, 0) is 11.3 Å². The Hall–Kier alpha value is -1.64. The van der Waals surface area contributed by atoms with Crippen LogP contribution in [0, 0.1) is 0 Å². The first kappa shape index (κ1) is 14.4. The molecule has 5 nitrogen and oxygen atoms in total. The van der Waals surface area contributed by atoms with Gasteiger partial charge in [0, 0.05) is 13.2 Å². The zero-order valence-electron chi connectivity index (χ0n) is 9.37. The van der Waals surface area contributed by atoms with Crippen LogP contribution in [0.3, 0.4) is 0 Å². The zero-order chi connectivity index (χ0) is 13.8. The van der Waals surface area contributed by atoms with E-state index >= 15 is 0 Å². The number of nitrogens with zero attached hydrogens (tertiary/aromatic N) is 2. The van der Waals surface area contributed by atoms with E-state index in [1.165, 1.54) is 7.11 Å². The fourth-order valence-corrected chi connectivity index (χ4v) is 0.993. The third kappa shape index (κ3) is 3.99. The number of ether oxygens (including phenoxy) is 2. The average molecular weight is 269 g/mol. The highest BCUT2D eigenvalue weighted by atomic mass is 19.3. The number of rotatable bonds is 6. The Kier molecular flexibility index (Phi) is 4.65. The van der Waals surface area contributed by atoms with Crippen LogP contribution in [0.2, 0.25) is 0 Å². The second-order valence-corrected chi connectivity index (χ2v) is 3.33. The molecule has 0 aliphatic carbocycles. The number of nitrogen functional groups attached to an aromatic ring is 1. The first-order chi connectivity index (χ1) is 8.35. The van der Waals surface area contributed by atoms with E-state index in [4.69, 9.17) is 10.5 Å². The predicted octanol–water partition coefficient (Wildman–Crippen LogP) is 1.48. The van der Waals surface area contributed by atoms with Gasteiger partial charge < -0.3 is 15.2 Å². The molecule has 0 bridgehead atoms. The van der Waals surface area contributed by atoms with Gasteiger partial charge in [0.2, 0.25) is 5.88 Å². The van der Waals surface area contributed by atoms with Crippen molar-refractivity contribution in [1.29, 1.82) is 0 Å². The normalized spacial score (nSPS) is 11.9. The lowest BCUT2D eigenvalue weighted by atomic mass is 10.4. The van der Waals surface area contributed by atoms with Crippen LogP contribution >= 0.6 is 0 Å². The third-order valence-corrected chi connectivity index (χ3v) is 1.77. The number of hydrogen-bond donors (Lipinski definition) is 1. The van der Waals surface area contributed by atoms with E-state index in [0.29, 0.717) is 0 Å². The van der Waals surface area contributed by atoms with Crippen molar-refractivity contribution < 1.29 is 27.0 Å². The van der Waals surface area contributed by atoms with Crippen LogP contribution in [0.5, 0.6) is 5.88 Å². The molecule has 9 heteroatoms. The second kappa shape index (κ2) is 5.80. The second-order valence-electron chi connectivity index (χ2n) is 3.33. The minimum absolute atomic E-state index is 0.00730. The third-order valence-electron chi connectivity index (χ3n) is 1.77. The fourth-order valence-electron chi connectivity index (χ4n) is 0.993. The maximum absolute atomic E-state index is 12.6. The molecule has 0 unspecified atom stereocenters. The molecule has 0 spiro atoms. The van der Waals surface area contributed by atoms with Crippen molar-refractivity contribution in [2.45, 2.75) is 19.0 Å². The van der Waals surface area contributed by atoms with Gasteiger partial charge in [0.25, 0.3) is 0 Å². The molecule has 0 fully saturated rings. The minimum atomic E-state index is -4.25. The summed E-state index contributed by atoms with van der Waals surface area (Å²) >= 11 is 0. The van der Waals surface area contributed by atoms with Gasteiger partial charge in [-0.25, -0.2) is 13.8 Å². The van der Waals surface area contributed by atoms with Crippen LogP contribution in [0.15, 0.2) is 6.07 Å². The van der Waals surface area contributed by atoms with Crippen LogP contribution in [0.4, 0.5) is 23.4 Å². The lowest BCUT2D eigenvalue weighted by molar-refractivity contribution is -0.148. The lowest BCUT2D eigenvalue weighted by Crippen LogP contribution is -2.34. The monoisotopic (exact) mass is 269 g/mol. The Morgan fingerprint density at radius 3 is 2.61 bits per heavy atom. The minimum Gasteiger partial charge on any atom is -0.471 e. The molecule has 1 aromatic rings. The van der Waals surface area contributed by atoms with Crippen molar-refractivity contribution in [2.24, 2.45) is 0 Å². The van der Waals surface area contributed by atoms with Crippen LogP contribution in [0.1, 0.15) is 5.82 Å². The molecule has 1 rings (SSSR count). The van der Waals surface area contributed by atoms with Crippen molar-refractivity contribution >= 4 is 5.82 Å². The van der Waals surface area contributed by atoms with Crippen molar-refractivity contribution in [1.82, 2.24) is 9.97 Å². The van der Waals surface area contributed by atoms with E-state index in [1.54, 1.807) is 0 Å². The highest BCUT2D eigenvalue weighted by Crippen LogP contribution is 2.24. The number of alkyl halides is 4. The highest BCUT2D eigenvalue weighted by molar-refractivity contribution is 5.32. The summed E-state index contributed by atoms with van der Waals surface area (Å²) in [6.07, 6.45) is -3.81. The molecule has 0 radical (unpaired) electrons. The van der Waals surface area contributed by atoms with Crippen LogP contribution in [0.25, 0.3) is 0 Å². The average Bonchev–Trinajstić information content (AvgIpc) is 2.26. The maximum Gasteiger partial charge on any atom is 0.340 e. The summed E-state index contributed by atoms with van der Waals surface area (Å²) in [6.45, 7) is -1.50. The summed E-state index contributed by atoms with van der Waals surface area (Å²) in [6, 6.07) is 1.06. The number of halogens is 4. The van der Waals surface area contributed by atoms with Gasteiger partial charge in [0.15, 0.2) is 12.4 Å². The molecule has 1 heterocycles. The van der Waals surface area contributed by atoms with Gasteiger partial charge in [-0.1, -0.05) is 0 Å². The SMILES string of the molecule is COCc1nc(N)cc(OCC(F)(F)C(F)F)n1. The largest absolute Gasteiger partial charge is 0.471 e. The van der Waals surface area contributed by atoms with Gasteiger partial charge in [-0.05, 0) is 0 Å². The number of nitrogens with two attached hydrogens (primary N) is 1. The van der Waals surface area contributed by atoms with Crippen molar-refractivity contribution in [2.75, 3.05) is 19.5 Å². The van der Waals surface area contributed by atoms with Gasteiger partial charge >= 0.3 is 12.3 Å². The molecular weight excluding hydrogens is 258 g/mol. The van der Waals surface area contributed by atoms with E-state index in [0.717, 1.165) is 6.07 Å². The van der Waals surface area contributed by atoms with Gasteiger partial charge in [-0.15, -0.1) is 0 Å². The summed E-state index contributed by atoms with van der Waals surface area (Å²) in [5.74, 6) is -4.49. The van der Waals surface area contributed by atoms with Crippen molar-refractivity contribution in [3.05, 3.63) is 11.9 Å². The van der Waals surface area contributed by atoms with Crippen molar-refractivity contribution in [3.63, 3.8) is 0 Å². The molecule has 0 amide bonds. The molecule has 18 heavy (non-hydrogen) atoms. The Labute approximate surface area is 99.9 Å². The fraction of sp³-hybridized carbons (Fsp3) is 0.556. The summed E-state index contributed by atoms with van der Waals surface area (Å²) < 4.78 is 58.2. The van der Waals surface area contributed by atoms with E-state index < -0.39 is 19.0 Å². The number of anilines is 1. The Balaban J connectivity index is 2.73.